The fourth-order valence-corrected chi connectivity index (χ4v) is 5.78. The standard InChI is InChI=1S/C30H25ClF2N6O3/c1-3-38-13-19-11-24-23(27(19)37-38)9-18(12-34-24)22-8-17(10-25-28(22)39-16(2)14-41-15-26(39)36-25)29(40)35-20-4-6-21(7-5-20)42-30(31,32)33/h4-10,12-13,16H,3,11,14-15H2,1-2H3,(H,35,40)/t16-/m1/s1. The lowest BCUT2D eigenvalue weighted by molar-refractivity contribution is -0.0964. The van der Waals surface area contributed by atoms with Crippen LogP contribution in [0, 0.1) is 0 Å². The normalized spacial score (nSPS) is 15.8. The summed E-state index contributed by atoms with van der Waals surface area (Å²) in [5.74, 6) is 0.267. The smallest absolute Gasteiger partial charge is 0.420 e. The molecule has 1 aliphatic heterocycles. The minimum absolute atomic E-state index is 0.0486. The molecule has 1 atom stereocenters. The zero-order valence-electron chi connectivity index (χ0n) is 22.7. The summed E-state index contributed by atoms with van der Waals surface area (Å²) in [4.78, 5) is 23.1. The molecule has 0 unspecified atom stereocenters. The van der Waals surface area contributed by atoms with Crippen LogP contribution in [-0.2, 0) is 24.3 Å². The number of pyridine rings is 1. The number of carbonyl (C=O) groups excluding carboxylic acids is 1. The van der Waals surface area contributed by atoms with Gasteiger partial charge in [-0.15, -0.1) is 8.78 Å². The predicted octanol–water partition coefficient (Wildman–Crippen LogP) is 6.40. The average Bonchev–Trinajstić information content (AvgIpc) is 3.63. The number of imidazole rings is 1. The lowest BCUT2D eigenvalue weighted by atomic mass is 9.99. The van der Waals surface area contributed by atoms with Crippen LogP contribution in [0.2, 0.25) is 0 Å². The van der Waals surface area contributed by atoms with Crippen molar-refractivity contribution >= 4 is 34.2 Å². The molecule has 0 fully saturated rings. The summed E-state index contributed by atoms with van der Waals surface area (Å²) in [5.41, 5.74) is 4.22. The summed E-state index contributed by atoms with van der Waals surface area (Å²) in [7, 11) is 0. The van der Waals surface area contributed by atoms with Crippen molar-refractivity contribution in [2.75, 3.05) is 11.9 Å². The van der Waals surface area contributed by atoms with Gasteiger partial charge in [-0.25, -0.2) is 4.98 Å². The van der Waals surface area contributed by atoms with E-state index in [1.807, 2.05) is 16.9 Å². The maximum atomic E-state index is 13.5. The number of carbonyl (C=O) groups is 1. The van der Waals surface area contributed by atoms with E-state index in [-0.39, 0.29) is 17.7 Å². The highest BCUT2D eigenvalue weighted by atomic mass is 35.5. The van der Waals surface area contributed by atoms with Crippen molar-refractivity contribution in [2.24, 2.45) is 0 Å². The molecular weight excluding hydrogens is 566 g/mol. The molecule has 1 aliphatic carbocycles. The maximum Gasteiger partial charge on any atom is 0.487 e. The van der Waals surface area contributed by atoms with Gasteiger partial charge in [-0.2, -0.15) is 5.10 Å². The third-order valence-corrected chi connectivity index (χ3v) is 7.63. The van der Waals surface area contributed by atoms with Crippen molar-refractivity contribution < 1.29 is 23.0 Å². The minimum atomic E-state index is -3.83. The maximum absolute atomic E-state index is 13.5. The lowest BCUT2D eigenvalue weighted by Gasteiger charge is -2.23. The van der Waals surface area contributed by atoms with E-state index in [1.54, 1.807) is 6.07 Å². The second kappa shape index (κ2) is 9.88. The van der Waals surface area contributed by atoms with Gasteiger partial charge in [0.15, 0.2) is 0 Å². The number of hydrogen-bond donors (Lipinski definition) is 1. The quantitative estimate of drug-likeness (QED) is 0.226. The molecule has 0 saturated heterocycles. The summed E-state index contributed by atoms with van der Waals surface area (Å²) in [6.45, 7) is 5.83. The molecule has 0 spiro atoms. The summed E-state index contributed by atoms with van der Waals surface area (Å²) < 4.78 is 40.1. The van der Waals surface area contributed by atoms with Crippen molar-refractivity contribution in [3.05, 3.63) is 77.5 Å². The number of hydrogen-bond acceptors (Lipinski definition) is 6. The van der Waals surface area contributed by atoms with E-state index in [0.717, 1.165) is 57.9 Å². The van der Waals surface area contributed by atoms with E-state index in [2.05, 4.69) is 40.7 Å². The molecule has 5 aromatic rings. The Balaban J connectivity index is 1.30. The van der Waals surface area contributed by atoms with Gasteiger partial charge in [0, 0.05) is 70.5 Å². The number of nitrogens with one attached hydrogen (secondary N) is 1. The van der Waals surface area contributed by atoms with E-state index in [0.29, 0.717) is 30.0 Å². The van der Waals surface area contributed by atoms with E-state index >= 15 is 0 Å². The van der Waals surface area contributed by atoms with Crippen LogP contribution >= 0.6 is 11.6 Å². The molecule has 2 aliphatic rings. The van der Waals surface area contributed by atoms with E-state index in [4.69, 9.17) is 31.4 Å². The van der Waals surface area contributed by atoms with Gasteiger partial charge in [-0.1, -0.05) is 0 Å². The Labute approximate surface area is 244 Å². The van der Waals surface area contributed by atoms with Gasteiger partial charge in [0.2, 0.25) is 0 Å². The van der Waals surface area contributed by atoms with Crippen LogP contribution in [-0.4, -0.2) is 42.4 Å². The first kappa shape index (κ1) is 26.5. The van der Waals surface area contributed by atoms with Gasteiger partial charge in [-0.05, 0) is 56.3 Å². The number of rotatable bonds is 6. The van der Waals surface area contributed by atoms with E-state index < -0.39 is 5.57 Å². The fourth-order valence-electron chi connectivity index (χ4n) is 5.69. The summed E-state index contributed by atoms with van der Waals surface area (Å²) in [5, 5.41) is 7.58. The fraction of sp³-hybridized carbons (Fsp3) is 0.267. The Hall–Kier alpha value is -4.35. The van der Waals surface area contributed by atoms with Crippen LogP contribution in [0.15, 0.2) is 54.9 Å². The number of alkyl halides is 3. The molecule has 0 bridgehead atoms. The van der Waals surface area contributed by atoms with E-state index in [9.17, 15) is 13.6 Å². The number of nitrogens with zero attached hydrogens (tertiary/aromatic N) is 5. The molecule has 1 N–H and O–H groups in total. The van der Waals surface area contributed by atoms with Gasteiger partial charge in [0.25, 0.3) is 5.91 Å². The average molecular weight is 591 g/mol. The van der Waals surface area contributed by atoms with Crippen LogP contribution in [0.4, 0.5) is 14.5 Å². The number of anilines is 1. The Kier molecular flexibility index (Phi) is 6.25. The van der Waals surface area contributed by atoms with Crippen LogP contribution in [0.1, 0.15) is 47.3 Å². The molecule has 7 rings (SSSR count). The van der Waals surface area contributed by atoms with Gasteiger partial charge >= 0.3 is 5.57 Å². The topological polar surface area (TPSA) is 96.1 Å². The number of benzene rings is 2. The van der Waals surface area contributed by atoms with Crippen molar-refractivity contribution in [2.45, 2.75) is 45.0 Å². The number of halogens is 3. The summed E-state index contributed by atoms with van der Waals surface area (Å²) in [6.07, 6.45) is 4.63. The molecule has 0 saturated carbocycles. The molecule has 42 heavy (non-hydrogen) atoms. The molecule has 3 aromatic heterocycles. The molecule has 4 heterocycles. The first-order valence-corrected chi connectivity index (χ1v) is 13.9. The largest absolute Gasteiger partial charge is 0.487 e. The molecule has 2 aromatic carbocycles. The number of aryl methyl sites for hydroxylation is 1. The molecular formula is C30H25ClF2N6O3. The molecule has 12 heteroatoms. The highest BCUT2D eigenvalue weighted by Crippen LogP contribution is 2.40. The first-order valence-electron chi connectivity index (χ1n) is 13.5. The minimum Gasteiger partial charge on any atom is -0.420 e. The Bertz CT molecular complexity index is 1860. The zero-order chi connectivity index (χ0) is 29.2. The molecule has 9 nitrogen and oxygen atoms in total. The predicted molar refractivity (Wildman–Crippen MR) is 153 cm³/mol. The number of amides is 1. The molecule has 1 amide bonds. The third kappa shape index (κ3) is 4.68. The van der Waals surface area contributed by atoms with Gasteiger partial charge < -0.3 is 19.4 Å². The van der Waals surface area contributed by atoms with Crippen LogP contribution < -0.4 is 10.1 Å². The second-order valence-electron chi connectivity index (χ2n) is 10.4. The van der Waals surface area contributed by atoms with Gasteiger partial charge in [0.1, 0.15) is 18.2 Å². The van der Waals surface area contributed by atoms with Crippen molar-refractivity contribution in [3.8, 4) is 28.1 Å². The summed E-state index contributed by atoms with van der Waals surface area (Å²) >= 11 is 4.85. The number of aromatic nitrogens is 5. The van der Waals surface area contributed by atoms with Crippen molar-refractivity contribution in [1.29, 1.82) is 0 Å². The Morgan fingerprint density at radius 1 is 1.21 bits per heavy atom. The first-order chi connectivity index (χ1) is 20.2. The Morgan fingerprint density at radius 3 is 2.79 bits per heavy atom. The van der Waals surface area contributed by atoms with E-state index in [1.165, 1.54) is 24.3 Å². The van der Waals surface area contributed by atoms with Crippen molar-refractivity contribution in [1.82, 2.24) is 24.3 Å². The van der Waals surface area contributed by atoms with Gasteiger partial charge in [0.05, 0.1) is 35.1 Å². The second-order valence-corrected chi connectivity index (χ2v) is 10.9. The SMILES string of the molecule is CCn1cc2c(n1)-c1cc(-c3cc(C(=O)Nc4ccc(OC(F)(F)Cl)cc4)cc4nc5n(c34)[C@H](C)COC5)cnc1C2. The highest BCUT2D eigenvalue weighted by molar-refractivity contribution is 6.20. The van der Waals surface area contributed by atoms with Crippen molar-refractivity contribution in [3.63, 3.8) is 0 Å². The molecule has 214 valence electrons. The zero-order valence-corrected chi connectivity index (χ0v) is 23.5. The third-order valence-electron chi connectivity index (χ3n) is 7.55. The van der Waals surface area contributed by atoms with Gasteiger partial charge in [-0.3, -0.25) is 14.5 Å². The van der Waals surface area contributed by atoms with Crippen LogP contribution in [0.25, 0.3) is 33.4 Å². The lowest BCUT2D eigenvalue weighted by Crippen LogP contribution is -2.21. The Morgan fingerprint density at radius 2 is 2.02 bits per heavy atom. The summed E-state index contributed by atoms with van der Waals surface area (Å²) in [6, 6.07) is 11.2. The molecule has 0 radical (unpaired) electrons. The number of ether oxygens (including phenoxy) is 2. The van der Waals surface area contributed by atoms with Crippen LogP contribution in [0.5, 0.6) is 5.75 Å². The highest BCUT2D eigenvalue weighted by Gasteiger charge is 2.29. The number of fused-ring (bicyclic) bond motifs is 6. The monoisotopic (exact) mass is 590 g/mol. The van der Waals surface area contributed by atoms with Crippen LogP contribution in [0.3, 0.4) is 0 Å².